The lowest BCUT2D eigenvalue weighted by molar-refractivity contribution is 0.597. The Balaban J connectivity index is 2.67. The van der Waals surface area contributed by atoms with Gasteiger partial charge in [-0.1, -0.05) is 25.1 Å². The van der Waals surface area contributed by atoms with Crippen molar-refractivity contribution in [3.05, 3.63) is 36.5 Å². The molecule has 0 amide bonds. The summed E-state index contributed by atoms with van der Waals surface area (Å²) < 4.78 is 23.2. The Bertz CT molecular complexity index is 590. The maximum atomic E-state index is 11.6. The molecule has 0 radical (unpaired) electrons. The Labute approximate surface area is 88.7 Å². The van der Waals surface area contributed by atoms with Crippen LogP contribution in [0.5, 0.6) is 0 Å². The second-order valence-corrected chi connectivity index (χ2v) is 5.55. The molecule has 0 spiro atoms. The highest BCUT2D eigenvalue weighted by molar-refractivity contribution is 7.91. The standard InChI is InChI=1S/C11H11NO2S/c1-2-15(13,14)10-7-9-5-3-4-6-11(9)12-8-10/h3-8H,2H2,1H3. The lowest BCUT2D eigenvalue weighted by Crippen LogP contribution is -2.03. The highest BCUT2D eigenvalue weighted by atomic mass is 32.2. The minimum atomic E-state index is -3.15. The van der Waals surface area contributed by atoms with Gasteiger partial charge < -0.3 is 0 Å². The van der Waals surface area contributed by atoms with Gasteiger partial charge in [-0.2, -0.15) is 0 Å². The van der Waals surface area contributed by atoms with E-state index in [1.54, 1.807) is 13.0 Å². The van der Waals surface area contributed by atoms with Crippen molar-refractivity contribution >= 4 is 20.7 Å². The summed E-state index contributed by atoms with van der Waals surface area (Å²) in [5.74, 6) is 0.104. The molecule has 0 bridgehead atoms. The fourth-order valence-electron chi connectivity index (χ4n) is 1.39. The Morgan fingerprint density at radius 1 is 1.27 bits per heavy atom. The third kappa shape index (κ3) is 1.85. The van der Waals surface area contributed by atoms with Crippen molar-refractivity contribution in [3.8, 4) is 0 Å². The molecule has 4 heteroatoms. The molecule has 1 heterocycles. The van der Waals surface area contributed by atoms with E-state index >= 15 is 0 Å². The van der Waals surface area contributed by atoms with Crippen molar-refractivity contribution in [3.63, 3.8) is 0 Å². The van der Waals surface area contributed by atoms with Gasteiger partial charge in [-0.3, -0.25) is 4.98 Å². The van der Waals surface area contributed by atoms with Crippen molar-refractivity contribution in [2.45, 2.75) is 11.8 Å². The van der Waals surface area contributed by atoms with Crippen LogP contribution in [-0.4, -0.2) is 19.2 Å². The number of para-hydroxylation sites is 1. The molecule has 78 valence electrons. The maximum absolute atomic E-state index is 11.6. The lowest BCUT2D eigenvalue weighted by atomic mass is 10.2. The van der Waals surface area contributed by atoms with Gasteiger partial charge in [0, 0.05) is 11.6 Å². The summed E-state index contributed by atoms with van der Waals surface area (Å²) in [5.41, 5.74) is 0.813. The van der Waals surface area contributed by atoms with Gasteiger partial charge in [-0.25, -0.2) is 8.42 Å². The van der Waals surface area contributed by atoms with Crippen LogP contribution in [0.1, 0.15) is 6.92 Å². The lowest BCUT2D eigenvalue weighted by Gasteiger charge is -2.02. The number of fused-ring (bicyclic) bond motifs is 1. The molecular formula is C11H11NO2S. The van der Waals surface area contributed by atoms with Crippen LogP contribution >= 0.6 is 0 Å². The predicted octanol–water partition coefficient (Wildman–Crippen LogP) is 2.03. The summed E-state index contributed by atoms with van der Waals surface area (Å²) in [6, 6.07) is 9.13. The van der Waals surface area contributed by atoms with E-state index < -0.39 is 9.84 Å². The molecule has 0 aliphatic rings. The molecule has 1 aromatic carbocycles. The van der Waals surface area contributed by atoms with Crippen LogP contribution in [0.25, 0.3) is 10.9 Å². The molecule has 1 aromatic heterocycles. The number of aromatic nitrogens is 1. The number of pyridine rings is 1. The first-order valence-electron chi connectivity index (χ1n) is 4.71. The van der Waals surface area contributed by atoms with Crippen molar-refractivity contribution in [2.75, 3.05) is 5.75 Å². The summed E-state index contributed by atoms with van der Waals surface area (Å²) >= 11 is 0. The number of benzene rings is 1. The van der Waals surface area contributed by atoms with E-state index in [0.717, 1.165) is 10.9 Å². The van der Waals surface area contributed by atoms with E-state index in [-0.39, 0.29) is 5.75 Å². The molecular weight excluding hydrogens is 210 g/mol. The van der Waals surface area contributed by atoms with Gasteiger partial charge in [0.1, 0.15) is 0 Å². The van der Waals surface area contributed by atoms with Gasteiger partial charge in [-0.15, -0.1) is 0 Å². The van der Waals surface area contributed by atoms with Gasteiger partial charge in [0.05, 0.1) is 16.2 Å². The molecule has 0 fully saturated rings. The van der Waals surface area contributed by atoms with E-state index in [1.165, 1.54) is 6.20 Å². The second-order valence-electron chi connectivity index (χ2n) is 3.27. The number of rotatable bonds is 2. The molecule has 2 aromatic rings. The summed E-state index contributed by atoms with van der Waals surface area (Å²) in [7, 11) is -3.15. The first kappa shape index (κ1) is 10.1. The minimum Gasteiger partial charge on any atom is -0.255 e. The molecule has 0 aliphatic heterocycles. The van der Waals surface area contributed by atoms with E-state index in [1.807, 2.05) is 24.3 Å². The molecule has 0 N–H and O–H groups in total. The number of hydrogen-bond acceptors (Lipinski definition) is 3. The highest BCUT2D eigenvalue weighted by Gasteiger charge is 2.11. The van der Waals surface area contributed by atoms with Crippen LogP contribution in [0.2, 0.25) is 0 Å². The van der Waals surface area contributed by atoms with Crippen LogP contribution in [0.15, 0.2) is 41.4 Å². The van der Waals surface area contributed by atoms with Gasteiger partial charge >= 0.3 is 0 Å². The molecule has 0 atom stereocenters. The molecule has 0 saturated carbocycles. The Morgan fingerprint density at radius 2 is 2.00 bits per heavy atom. The maximum Gasteiger partial charge on any atom is 0.179 e. The topological polar surface area (TPSA) is 47.0 Å². The zero-order valence-electron chi connectivity index (χ0n) is 8.34. The summed E-state index contributed by atoms with van der Waals surface area (Å²) in [6.45, 7) is 1.63. The molecule has 0 saturated heterocycles. The van der Waals surface area contributed by atoms with Crippen LogP contribution in [0.4, 0.5) is 0 Å². The van der Waals surface area contributed by atoms with Gasteiger partial charge in [0.2, 0.25) is 0 Å². The summed E-state index contributed by atoms with van der Waals surface area (Å²) in [4.78, 5) is 4.41. The summed E-state index contributed by atoms with van der Waals surface area (Å²) in [5, 5.41) is 0.854. The minimum absolute atomic E-state index is 0.104. The zero-order valence-corrected chi connectivity index (χ0v) is 9.16. The van der Waals surface area contributed by atoms with Crippen molar-refractivity contribution in [2.24, 2.45) is 0 Å². The summed E-state index contributed by atoms with van der Waals surface area (Å²) in [6.07, 6.45) is 1.42. The SMILES string of the molecule is CCS(=O)(=O)c1cnc2ccccc2c1. The van der Waals surface area contributed by atoms with Crippen LogP contribution < -0.4 is 0 Å². The van der Waals surface area contributed by atoms with Crippen molar-refractivity contribution in [1.29, 1.82) is 0 Å². The van der Waals surface area contributed by atoms with Gasteiger partial charge in [0.15, 0.2) is 9.84 Å². The molecule has 2 rings (SSSR count). The molecule has 3 nitrogen and oxygen atoms in total. The number of hydrogen-bond donors (Lipinski definition) is 0. The fraction of sp³-hybridized carbons (Fsp3) is 0.182. The third-order valence-electron chi connectivity index (χ3n) is 2.30. The average molecular weight is 221 g/mol. The Kier molecular flexibility index (Phi) is 2.44. The van der Waals surface area contributed by atoms with Gasteiger partial charge in [0.25, 0.3) is 0 Å². The van der Waals surface area contributed by atoms with E-state index in [9.17, 15) is 8.42 Å². The second kappa shape index (κ2) is 3.62. The highest BCUT2D eigenvalue weighted by Crippen LogP contribution is 2.16. The Morgan fingerprint density at radius 3 is 2.73 bits per heavy atom. The number of nitrogens with zero attached hydrogens (tertiary/aromatic N) is 1. The smallest absolute Gasteiger partial charge is 0.179 e. The number of sulfone groups is 1. The first-order valence-corrected chi connectivity index (χ1v) is 6.36. The fourth-order valence-corrected chi connectivity index (χ4v) is 2.24. The average Bonchev–Trinajstić information content (AvgIpc) is 2.28. The van der Waals surface area contributed by atoms with Crippen LogP contribution in [0.3, 0.4) is 0 Å². The molecule has 0 aliphatic carbocycles. The first-order chi connectivity index (χ1) is 7.13. The van der Waals surface area contributed by atoms with Gasteiger partial charge in [-0.05, 0) is 12.1 Å². The monoisotopic (exact) mass is 221 g/mol. The van der Waals surface area contributed by atoms with E-state index in [2.05, 4.69) is 4.98 Å². The predicted molar refractivity (Wildman–Crippen MR) is 59.5 cm³/mol. The van der Waals surface area contributed by atoms with Crippen molar-refractivity contribution in [1.82, 2.24) is 4.98 Å². The Hall–Kier alpha value is -1.42. The molecule has 0 unspecified atom stereocenters. The van der Waals surface area contributed by atoms with E-state index in [0.29, 0.717) is 4.90 Å². The third-order valence-corrected chi connectivity index (χ3v) is 4.01. The zero-order chi connectivity index (χ0) is 10.9. The normalized spacial score (nSPS) is 11.8. The van der Waals surface area contributed by atoms with Crippen molar-refractivity contribution < 1.29 is 8.42 Å². The van der Waals surface area contributed by atoms with Crippen LogP contribution in [-0.2, 0) is 9.84 Å². The van der Waals surface area contributed by atoms with E-state index in [4.69, 9.17) is 0 Å². The quantitative estimate of drug-likeness (QED) is 0.779. The largest absolute Gasteiger partial charge is 0.255 e. The molecule has 15 heavy (non-hydrogen) atoms. The van der Waals surface area contributed by atoms with Crippen LogP contribution in [0, 0.1) is 0 Å².